The van der Waals surface area contributed by atoms with E-state index in [9.17, 15) is 9.18 Å². The molecule has 1 atom stereocenters. The summed E-state index contributed by atoms with van der Waals surface area (Å²) in [7, 11) is 0. The number of anilines is 1. The molecule has 174 valence electrons. The number of halogens is 1. The molecule has 1 N–H and O–H groups in total. The number of fused-ring (bicyclic) bond motifs is 1. The lowest BCUT2D eigenvalue weighted by Gasteiger charge is -2.15. The van der Waals surface area contributed by atoms with Crippen molar-refractivity contribution in [1.82, 2.24) is 19.7 Å². The third-order valence-corrected chi connectivity index (χ3v) is 6.64. The van der Waals surface area contributed by atoms with Crippen LogP contribution in [0.15, 0.2) is 96.3 Å². The van der Waals surface area contributed by atoms with Crippen LogP contribution in [0.1, 0.15) is 12.5 Å². The third-order valence-electron chi connectivity index (χ3n) is 5.56. The predicted octanol–water partition coefficient (Wildman–Crippen LogP) is 5.80. The van der Waals surface area contributed by atoms with Gasteiger partial charge in [0.2, 0.25) is 5.91 Å². The fraction of sp³-hybridized carbons (Fsp3) is 0.111. The Hall–Kier alpha value is -4.04. The van der Waals surface area contributed by atoms with Crippen molar-refractivity contribution in [3.63, 3.8) is 0 Å². The van der Waals surface area contributed by atoms with E-state index in [1.807, 2.05) is 72.2 Å². The van der Waals surface area contributed by atoms with E-state index < -0.39 is 5.25 Å². The molecule has 0 aliphatic carbocycles. The van der Waals surface area contributed by atoms with Crippen LogP contribution in [0, 0.1) is 5.82 Å². The number of carbonyl (C=O) groups excluding carboxylic acids is 1. The third kappa shape index (κ3) is 5.07. The summed E-state index contributed by atoms with van der Waals surface area (Å²) < 4.78 is 15.5. The highest BCUT2D eigenvalue weighted by atomic mass is 32.2. The second-order valence-electron chi connectivity index (χ2n) is 8.01. The van der Waals surface area contributed by atoms with E-state index in [2.05, 4.69) is 20.5 Å². The molecule has 0 radical (unpaired) electrons. The fourth-order valence-electron chi connectivity index (χ4n) is 3.76. The van der Waals surface area contributed by atoms with Gasteiger partial charge >= 0.3 is 0 Å². The highest BCUT2D eigenvalue weighted by Gasteiger charge is 2.22. The molecule has 0 aliphatic heterocycles. The molecular weight excluding hydrogens is 461 g/mol. The van der Waals surface area contributed by atoms with Crippen LogP contribution in [0.2, 0.25) is 0 Å². The van der Waals surface area contributed by atoms with E-state index in [0.717, 1.165) is 22.0 Å². The highest BCUT2D eigenvalue weighted by molar-refractivity contribution is 8.00. The second kappa shape index (κ2) is 10.1. The molecule has 8 heteroatoms. The van der Waals surface area contributed by atoms with Gasteiger partial charge in [-0.05, 0) is 61.0 Å². The monoisotopic (exact) mass is 483 g/mol. The van der Waals surface area contributed by atoms with Crippen LogP contribution in [0.25, 0.3) is 22.3 Å². The van der Waals surface area contributed by atoms with Crippen molar-refractivity contribution in [3.8, 4) is 11.4 Å². The van der Waals surface area contributed by atoms with Gasteiger partial charge in [0, 0.05) is 17.1 Å². The Morgan fingerprint density at radius 2 is 1.77 bits per heavy atom. The van der Waals surface area contributed by atoms with Crippen LogP contribution in [0.4, 0.5) is 10.1 Å². The highest BCUT2D eigenvalue weighted by Crippen LogP contribution is 2.29. The quantitative estimate of drug-likeness (QED) is 0.296. The van der Waals surface area contributed by atoms with Gasteiger partial charge in [-0.2, -0.15) is 0 Å². The maximum absolute atomic E-state index is 13.5. The van der Waals surface area contributed by atoms with Crippen molar-refractivity contribution in [2.24, 2.45) is 0 Å². The van der Waals surface area contributed by atoms with Gasteiger partial charge in [-0.3, -0.25) is 14.3 Å². The summed E-state index contributed by atoms with van der Waals surface area (Å²) in [4.78, 5) is 17.4. The first-order chi connectivity index (χ1) is 17.1. The van der Waals surface area contributed by atoms with Gasteiger partial charge in [-0.25, -0.2) is 4.39 Å². The molecule has 3 aromatic carbocycles. The number of pyridine rings is 1. The first-order valence-electron chi connectivity index (χ1n) is 11.1. The smallest absolute Gasteiger partial charge is 0.237 e. The van der Waals surface area contributed by atoms with E-state index in [1.54, 1.807) is 18.3 Å². The zero-order valence-electron chi connectivity index (χ0n) is 18.9. The van der Waals surface area contributed by atoms with Gasteiger partial charge in [-0.1, -0.05) is 48.2 Å². The Morgan fingerprint density at radius 1 is 0.971 bits per heavy atom. The van der Waals surface area contributed by atoms with Crippen molar-refractivity contribution in [2.45, 2.75) is 23.9 Å². The van der Waals surface area contributed by atoms with Crippen molar-refractivity contribution < 1.29 is 9.18 Å². The number of aromatic nitrogens is 4. The lowest BCUT2D eigenvalue weighted by atomic mass is 10.2. The zero-order chi connectivity index (χ0) is 24.2. The SMILES string of the molecule is CC(Sc1nnc(-c2ccc(F)cc2)n1Cc1ccccc1)C(=O)Nc1cccc2ncccc12. The lowest BCUT2D eigenvalue weighted by molar-refractivity contribution is -0.115. The number of benzene rings is 3. The Balaban J connectivity index is 1.41. The Kier molecular flexibility index (Phi) is 6.54. The maximum Gasteiger partial charge on any atom is 0.237 e. The van der Waals surface area contributed by atoms with Gasteiger partial charge in [0.25, 0.3) is 0 Å². The van der Waals surface area contributed by atoms with Crippen LogP contribution in [0.5, 0.6) is 0 Å². The molecule has 0 aliphatic rings. The standard InChI is InChI=1S/C27H22FN5OS/c1-18(26(34)30-24-11-5-10-23-22(24)9-6-16-29-23)35-27-32-31-25(20-12-14-21(28)15-13-20)33(27)17-19-7-3-2-4-8-19/h2-16,18H,17H2,1H3,(H,30,34). The molecule has 2 heterocycles. The largest absolute Gasteiger partial charge is 0.324 e. The summed E-state index contributed by atoms with van der Waals surface area (Å²) in [5.41, 5.74) is 3.35. The Morgan fingerprint density at radius 3 is 2.57 bits per heavy atom. The van der Waals surface area contributed by atoms with E-state index in [1.165, 1.54) is 23.9 Å². The van der Waals surface area contributed by atoms with Crippen molar-refractivity contribution in [1.29, 1.82) is 0 Å². The predicted molar refractivity (Wildman–Crippen MR) is 137 cm³/mol. The van der Waals surface area contributed by atoms with E-state index in [0.29, 0.717) is 23.2 Å². The van der Waals surface area contributed by atoms with Crippen LogP contribution in [0.3, 0.4) is 0 Å². The molecule has 0 bridgehead atoms. The molecular formula is C27H22FN5OS. The summed E-state index contributed by atoms with van der Waals surface area (Å²) in [5, 5.41) is 12.8. The van der Waals surface area contributed by atoms with Gasteiger partial charge in [0.15, 0.2) is 11.0 Å². The molecule has 0 saturated heterocycles. The number of nitrogens with zero attached hydrogens (tertiary/aromatic N) is 4. The maximum atomic E-state index is 13.5. The van der Waals surface area contributed by atoms with E-state index in [4.69, 9.17) is 0 Å². The first kappa shape index (κ1) is 22.7. The molecule has 0 saturated carbocycles. The lowest BCUT2D eigenvalue weighted by Crippen LogP contribution is -2.23. The molecule has 1 amide bonds. The van der Waals surface area contributed by atoms with Crippen molar-refractivity contribution in [3.05, 3.63) is 103 Å². The van der Waals surface area contributed by atoms with E-state index in [-0.39, 0.29) is 11.7 Å². The van der Waals surface area contributed by atoms with Gasteiger partial charge in [0.1, 0.15) is 5.82 Å². The normalized spacial score (nSPS) is 11.9. The number of thioether (sulfide) groups is 1. The number of carbonyl (C=O) groups is 1. The number of hydrogen-bond donors (Lipinski definition) is 1. The van der Waals surface area contributed by atoms with Crippen LogP contribution >= 0.6 is 11.8 Å². The van der Waals surface area contributed by atoms with Crippen LogP contribution < -0.4 is 5.32 Å². The molecule has 35 heavy (non-hydrogen) atoms. The first-order valence-corrected chi connectivity index (χ1v) is 12.0. The summed E-state index contributed by atoms with van der Waals surface area (Å²) in [5.74, 6) is 0.152. The van der Waals surface area contributed by atoms with E-state index >= 15 is 0 Å². The van der Waals surface area contributed by atoms with Crippen molar-refractivity contribution >= 4 is 34.3 Å². The number of amides is 1. The summed E-state index contributed by atoms with van der Waals surface area (Å²) in [6, 6.07) is 25.5. The number of rotatable bonds is 7. The van der Waals surface area contributed by atoms with Crippen molar-refractivity contribution in [2.75, 3.05) is 5.32 Å². The topological polar surface area (TPSA) is 72.7 Å². The molecule has 1 unspecified atom stereocenters. The molecule has 0 fully saturated rings. The minimum Gasteiger partial charge on any atom is -0.324 e. The number of hydrogen-bond acceptors (Lipinski definition) is 5. The molecule has 0 spiro atoms. The fourth-order valence-corrected chi connectivity index (χ4v) is 4.60. The van der Waals surface area contributed by atoms with Gasteiger partial charge < -0.3 is 5.32 Å². The Bertz CT molecular complexity index is 1470. The molecule has 5 aromatic rings. The molecule has 6 nitrogen and oxygen atoms in total. The Labute approximate surface area is 206 Å². The average molecular weight is 484 g/mol. The molecule has 2 aromatic heterocycles. The van der Waals surface area contributed by atoms with Gasteiger partial charge in [0.05, 0.1) is 23.0 Å². The summed E-state index contributed by atoms with van der Waals surface area (Å²) >= 11 is 1.33. The summed E-state index contributed by atoms with van der Waals surface area (Å²) in [6.45, 7) is 2.36. The summed E-state index contributed by atoms with van der Waals surface area (Å²) in [6.07, 6.45) is 1.73. The van der Waals surface area contributed by atoms with Crippen LogP contribution in [-0.2, 0) is 11.3 Å². The number of nitrogens with one attached hydrogen (secondary N) is 1. The average Bonchev–Trinajstić information content (AvgIpc) is 3.27. The second-order valence-corrected chi connectivity index (χ2v) is 9.32. The van der Waals surface area contributed by atoms with Crippen LogP contribution in [-0.4, -0.2) is 30.9 Å². The van der Waals surface area contributed by atoms with Gasteiger partial charge in [-0.15, -0.1) is 10.2 Å². The molecule has 5 rings (SSSR count). The zero-order valence-corrected chi connectivity index (χ0v) is 19.7. The minimum absolute atomic E-state index is 0.149. The minimum atomic E-state index is -0.443.